The van der Waals surface area contributed by atoms with Crippen LogP contribution in [-0.2, 0) is 19.4 Å². The first-order valence-corrected chi connectivity index (χ1v) is 13.9. The molecule has 2 heterocycles. The maximum Gasteiger partial charge on any atom is 0.0741 e. The quantitative estimate of drug-likeness (QED) is 0.290. The van der Waals surface area contributed by atoms with Gasteiger partial charge in [-0.05, 0) is 82.0 Å². The molecule has 0 fully saturated rings. The number of rotatable bonds is 10. The molecule has 4 heteroatoms. The summed E-state index contributed by atoms with van der Waals surface area (Å²) in [6, 6.07) is 18.1. The Morgan fingerprint density at radius 3 is 2.49 bits per heavy atom. The van der Waals surface area contributed by atoms with Crippen molar-refractivity contribution in [1.29, 1.82) is 0 Å². The van der Waals surface area contributed by atoms with Gasteiger partial charge in [0, 0.05) is 36.1 Å². The third-order valence-corrected chi connectivity index (χ3v) is 7.09. The molecule has 1 N–H and O–H groups in total. The standard InChI is InChI=1S/C27H33N3.C6H13N/c1-6-7-12-25-17-21(4)30(28-25)27-14-13-19(2)15-26(27)22(5)29-18-24-11-9-8-10-23(24)16-20(29)3;1-3-5-6-7-4-2/h8-11,13-15,17,20H,5-7,12,16,18H2,1-4H3;4,7H,2-3,5-6H2,1H3. The van der Waals surface area contributed by atoms with E-state index in [4.69, 9.17) is 5.10 Å². The van der Waals surface area contributed by atoms with Crippen LogP contribution in [0.15, 0.2) is 67.9 Å². The van der Waals surface area contributed by atoms with Crippen LogP contribution in [0.4, 0.5) is 0 Å². The second kappa shape index (κ2) is 13.9. The van der Waals surface area contributed by atoms with Crippen LogP contribution in [0.3, 0.4) is 0 Å². The molecule has 1 aliphatic rings. The van der Waals surface area contributed by atoms with Gasteiger partial charge >= 0.3 is 0 Å². The minimum atomic E-state index is 0.416. The van der Waals surface area contributed by atoms with E-state index in [0.29, 0.717) is 6.04 Å². The normalized spacial score (nSPS) is 14.4. The molecule has 0 saturated carbocycles. The molecule has 37 heavy (non-hydrogen) atoms. The Labute approximate surface area is 225 Å². The molecule has 1 atom stereocenters. The Morgan fingerprint density at radius 2 is 1.78 bits per heavy atom. The second-order valence-electron chi connectivity index (χ2n) is 10.2. The number of aryl methyl sites for hydroxylation is 3. The third kappa shape index (κ3) is 7.38. The summed E-state index contributed by atoms with van der Waals surface area (Å²) in [6.45, 7) is 21.1. The predicted molar refractivity (Wildman–Crippen MR) is 159 cm³/mol. The van der Waals surface area contributed by atoms with Crippen molar-refractivity contribution in [2.24, 2.45) is 0 Å². The van der Waals surface area contributed by atoms with Crippen molar-refractivity contribution in [2.75, 3.05) is 6.54 Å². The van der Waals surface area contributed by atoms with E-state index in [2.05, 4.69) is 111 Å². The predicted octanol–water partition coefficient (Wildman–Crippen LogP) is 7.77. The average Bonchev–Trinajstić information content (AvgIpc) is 3.27. The smallest absolute Gasteiger partial charge is 0.0741 e. The summed E-state index contributed by atoms with van der Waals surface area (Å²) >= 11 is 0. The second-order valence-corrected chi connectivity index (χ2v) is 10.2. The largest absolute Gasteiger partial charge is 0.391 e. The van der Waals surface area contributed by atoms with Crippen LogP contribution in [0.2, 0.25) is 0 Å². The Balaban J connectivity index is 0.000000479. The van der Waals surface area contributed by atoms with Gasteiger partial charge < -0.3 is 10.2 Å². The van der Waals surface area contributed by atoms with Gasteiger partial charge in [-0.1, -0.05) is 75.7 Å². The number of hydrogen-bond donors (Lipinski definition) is 1. The van der Waals surface area contributed by atoms with E-state index < -0.39 is 0 Å². The fourth-order valence-corrected chi connectivity index (χ4v) is 4.90. The van der Waals surface area contributed by atoms with Crippen LogP contribution in [0.5, 0.6) is 0 Å². The summed E-state index contributed by atoms with van der Waals surface area (Å²) in [5, 5.41) is 7.96. The Bertz CT molecular complexity index is 1170. The van der Waals surface area contributed by atoms with Gasteiger partial charge in [0.15, 0.2) is 0 Å². The lowest BCUT2D eigenvalue weighted by atomic mass is 9.93. The first kappa shape index (κ1) is 28.3. The van der Waals surface area contributed by atoms with Crippen LogP contribution in [0.1, 0.15) is 80.1 Å². The monoisotopic (exact) mass is 498 g/mol. The number of nitrogens with one attached hydrogen (secondary N) is 1. The fraction of sp³-hybridized carbons (Fsp3) is 0.424. The van der Waals surface area contributed by atoms with Gasteiger partial charge in [0.25, 0.3) is 0 Å². The van der Waals surface area contributed by atoms with Crippen molar-refractivity contribution in [3.05, 3.63) is 102 Å². The molecule has 0 aliphatic carbocycles. The molecular weight excluding hydrogens is 452 g/mol. The molecule has 0 spiro atoms. The van der Waals surface area contributed by atoms with Crippen molar-refractivity contribution in [3.8, 4) is 5.69 Å². The van der Waals surface area contributed by atoms with Gasteiger partial charge in [-0.3, -0.25) is 0 Å². The summed E-state index contributed by atoms with van der Waals surface area (Å²) in [5.41, 5.74) is 9.84. The van der Waals surface area contributed by atoms with Crippen LogP contribution in [-0.4, -0.2) is 27.3 Å². The average molecular weight is 499 g/mol. The topological polar surface area (TPSA) is 33.1 Å². The lowest BCUT2D eigenvalue weighted by Crippen LogP contribution is -2.37. The SMILES string of the molecule is C=C(c1cc(C)ccc1-n1nc(CCCC)cc1C)N1Cc2ccccc2CC1C.C=CNCCCC. The van der Waals surface area contributed by atoms with Gasteiger partial charge in [-0.25, -0.2) is 4.68 Å². The van der Waals surface area contributed by atoms with Crippen molar-refractivity contribution in [3.63, 3.8) is 0 Å². The van der Waals surface area contributed by atoms with E-state index in [1.165, 1.54) is 59.3 Å². The molecule has 3 aromatic rings. The molecule has 4 nitrogen and oxygen atoms in total. The summed E-state index contributed by atoms with van der Waals surface area (Å²) in [5.74, 6) is 0. The molecule has 1 aromatic heterocycles. The molecule has 1 unspecified atom stereocenters. The summed E-state index contributed by atoms with van der Waals surface area (Å²) in [4.78, 5) is 2.46. The summed E-state index contributed by atoms with van der Waals surface area (Å²) in [7, 11) is 0. The van der Waals surface area contributed by atoms with Gasteiger partial charge in [-0.15, -0.1) is 0 Å². The number of unbranched alkanes of at least 4 members (excludes halogenated alkanes) is 2. The molecule has 0 bridgehead atoms. The lowest BCUT2D eigenvalue weighted by Gasteiger charge is -2.38. The Kier molecular flexibility index (Phi) is 10.6. The molecule has 4 rings (SSSR count). The first-order valence-electron chi connectivity index (χ1n) is 13.9. The minimum Gasteiger partial charge on any atom is -0.391 e. The van der Waals surface area contributed by atoms with Gasteiger partial charge in [-0.2, -0.15) is 5.10 Å². The van der Waals surface area contributed by atoms with Crippen LogP contribution in [0.25, 0.3) is 11.4 Å². The van der Waals surface area contributed by atoms with Gasteiger partial charge in [0.2, 0.25) is 0 Å². The molecule has 0 saturated heterocycles. The molecule has 0 amide bonds. The van der Waals surface area contributed by atoms with Crippen molar-refractivity contribution in [1.82, 2.24) is 20.0 Å². The van der Waals surface area contributed by atoms with Crippen molar-refractivity contribution >= 4 is 5.70 Å². The van der Waals surface area contributed by atoms with E-state index in [1.54, 1.807) is 6.20 Å². The zero-order chi connectivity index (χ0) is 26.8. The zero-order valence-electron chi connectivity index (χ0n) is 23.7. The number of aromatic nitrogens is 2. The molecule has 1 aliphatic heterocycles. The Hall–Kier alpha value is -3.27. The maximum absolute atomic E-state index is 4.95. The lowest BCUT2D eigenvalue weighted by molar-refractivity contribution is 0.283. The van der Waals surface area contributed by atoms with Crippen LogP contribution in [0, 0.1) is 13.8 Å². The zero-order valence-corrected chi connectivity index (χ0v) is 23.7. The number of benzene rings is 2. The van der Waals surface area contributed by atoms with Gasteiger partial charge in [0.05, 0.1) is 11.4 Å². The van der Waals surface area contributed by atoms with Crippen molar-refractivity contribution in [2.45, 2.75) is 85.7 Å². The maximum atomic E-state index is 4.95. The summed E-state index contributed by atoms with van der Waals surface area (Å²) < 4.78 is 2.10. The van der Waals surface area contributed by atoms with E-state index in [-0.39, 0.29) is 0 Å². The highest BCUT2D eigenvalue weighted by molar-refractivity contribution is 5.71. The molecule has 198 valence electrons. The first-order chi connectivity index (χ1) is 17.9. The van der Waals surface area contributed by atoms with Crippen LogP contribution < -0.4 is 5.32 Å². The highest BCUT2D eigenvalue weighted by atomic mass is 15.3. The van der Waals surface area contributed by atoms with E-state index in [9.17, 15) is 0 Å². The van der Waals surface area contributed by atoms with E-state index in [0.717, 1.165) is 37.3 Å². The van der Waals surface area contributed by atoms with Gasteiger partial charge in [0.1, 0.15) is 0 Å². The fourth-order valence-electron chi connectivity index (χ4n) is 4.90. The highest BCUT2D eigenvalue weighted by Gasteiger charge is 2.26. The number of fused-ring (bicyclic) bond motifs is 1. The number of nitrogens with zero attached hydrogens (tertiary/aromatic N) is 3. The van der Waals surface area contributed by atoms with Crippen molar-refractivity contribution < 1.29 is 0 Å². The van der Waals surface area contributed by atoms with E-state index >= 15 is 0 Å². The highest BCUT2D eigenvalue weighted by Crippen LogP contribution is 2.33. The molecular formula is C33H46N4. The molecule has 2 aromatic carbocycles. The third-order valence-electron chi connectivity index (χ3n) is 7.09. The molecule has 0 radical (unpaired) electrons. The van der Waals surface area contributed by atoms with E-state index in [1.807, 2.05) is 0 Å². The minimum absolute atomic E-state index is 0.416. The number of hydrogen-bond acceptors (Lipinski definition) is 3. The van der Waals surface area contributed by atoms with Crippen LogP contribution >= 0.6 is 0 Å². The Morgan fingerprint density at radius 1 is 1.05 bits per heavy atom. The summed E-state index contributed by atoms with van der Waals surface area (Å²) in [6.07, 6.45) is 8.68.